The Bertz CT molecular complexity index is 230. The van der Waals surface area contributed by atoms with Crippen molar-refractivity contribution in [3.63, 3.8) is 0 Å². The Morgan fingerprint density at radius 1 is 1.50 bits per heavy atom. The standard InChI is InChI=1S/C11H19NO2/c1-5-8-6-7-9(12-8)10(13)14-11(2,3)4/h5,8-9,12H,1,6-7H2,2-4H3/t8-,9+/m1/s1. The fourth-order valence-corrected chi connectivity index (χ4v) is 1.52. The lowest BCUT2D eigenvalue weighted by atomic mass is 10.1. The van der Waals surface area contributed by atoms with Crippen LogP contribution in [-0.2, 0) is 9.53 Å². The molecule has 0 radical (unpaired) electrons. The number of hydrogen-bond donors (Lipinski definition) is 1. The average molecular weight is 197 g/mol. The topological polar surface area (TPSA) is 38.3 Å². The number of carbonyl (C=O) groups is 1. The van der Waals surface area contributed by atoms with E-state index < -0.39 is 5.60 Å². The van der Waals surface area contributed by atoms with E-state index in [1.54, 1.807) is 0 Å². The van der Waals surface area contributed by atoms with Gasteiger partial charge in [-0.15, -0.1) is 6.58 Å². The highest BCUT2D eigenvalue weighted by atomic mass is 16.6. The quantitative estimate of drug-likeness (QED) is 0.540. The van der Waals surface area contributed by atoms with Gasteiger partial charge in [-0.1, -0.05) is 6.08 Å². The van der Waals surface area contributed by atoms with Gasteiger partial charge in [0.15, 0.2) is 0 Å². The smallest absolute Gasteiger partial charge is 0.323 e. The highest BCUT2D eigenvalue weighted by Crippen LogP contribution is 2.17. The molecule has 1 aliphatic rings. The molecular formula is C11H19NO2. The van der Waals surface area contributed by atoms with Gasteiger partial charge in [0.1, 0.15) is 11.6 Å². The van der Waals surface area contributed by atoms with Gasteiger partial charge in [0.05, 0.1) is 0 Å². The predicted octanol–water partition coefficient (Wildman–Crippen LogP) is 1.63. The van der Waals surface area contributed by atoms with E-state index in [1.807, 2.05) is 26.8 Å². The number of rotatable bonds is 2. The number of nitrogens with one attached hydrogen (secondary N) is 1. The van der Waals surface area contributed by atoms with Gasteiger partial charge in [-0.3, -0.25) is 10.1 Å². The zero-order valence-corrected chi connectivity index (χ0v) is 9.17. The third-order valence-electron chi connectivity index (χ3n) is 2.16. The summed E-state index contributed by atoms with van der Waals surface area (Å²) in [5, 5.41) is 3.17. The summed E-state index contributed by atoms with van der Waals surface area (Å²) in [4.78, 5) is 11.6. The lowest BCUT2D eigenvalue weighted by molar-refractivity contribution is -0.157. The maximum absolute atomic E-state index is 11.6. The minimum Gasteiger partial charge on any atom is -0.459 e. The van der Waals surface area contributed by atoms with Crippen LogP contribution in [0.25, 0.3) is 0 Å². The van der Waals surface area contributed by atoms with Crippen LogP contribution in [0, 0.1) is 0 Å². The molecule has 0 bridgehead atoms. The van der Waals surface area contributed by atoms with Crippen molar-refractivity contribution < 1.29 is 9.53 Å². The lowest BCUT2D eigenvalue weighted by Gasteiger charge is -2.22. The number of ether oxygens (including phenoxy) is 1. The molecule has 0 aromatic heterocycles. The summed E-state index contributed by atoms with van der Waals surface area (Å²) in [6.45, 7) is 9.34. The van der Waals surface area contributed by atoms with Crippen molar-refractivity contribution in [1.29, 1.82) is 0 Å². The van der Waals surface area contributed by atoms with Gasteiger partial charge in [0.2, 0.25) is 0 Å². The van der Waals surface area contributed by atoms with E-state index in [2.05, 4.69) is 11.9 Å². The summed E-state index contributed by atoms with van der Waals surface area (Å²) < 4.78 is 5.28. The zero-order valence-electron chi connectivity index (χ0n) is 9.17. The Morgan fingerprint density at radius 3 is 2.57 bits per heavy atom. The molecule has 1 saturated heterocycles. The number of hydrogen-bond acceptors (Lipinski definition) is 3. The Balaban J connectivity index is 2.43. The summed E-state index contributed by atoms with van der Waals surface area (Å²) in [6.07, 6.45) is 3.64. The van der Waals surface area contributed by atoms with E-state index in [4.69, 9.17) is 4.74 Å². The Morgan fingerprint density at radius 2 is 2.14 bits per heavy atom. The summed E-state index contributed by atoms with van der Waals surface area (Å²) in [6, 6.07) is 0.102. The molecule has 0 aliphatic carbocycles. The monoisotopic (exact) mass is 197 g/mol. The molecule has 3 heteroatoms. The second-order valence-corrected chi connectivity index (χ2v) is 4.67. The Hall–Kier alpha value is -0.830. The van der Waals surface area contributed by atoms with Crippen LogP contribution in [0.1, 0.15) is 33.6 Å². The minimum absolute atomic E-state index is 0.151. The first kappa shape index (κ1) is 11.2. The Labute approximate surface area is 85.5 Å². The van der Waals surface area contributed by atoms with Crippen LogP contribution in [0.4, 0.5) is 0 Å². The summed E-state index contributed by atoms with van der Waals surface area (Å²) in [5.74, 6) is -0.151. The molecule has 3 nitrogen and oxygen atoms in total. The van der Waals surface area contributed by atoms with E-state index >= 15 is 0 Å². The fraction of sp³-hybridized carbons (Fsp3) is 0.727. The molecule has 2 atom stereocenters. The van der Waals surface area contributed by atoms with E-state index in [-0.39, 0.29) is 18.1 Å². The van der Waals surface area contributed by atoms with Crippen LogP contribution in [0.5, 0.6) is 0 Å². The molecule has 1 aliphatic heterocycles. The molecule has 1 rings (SSSR count). The SMILES string of the molecule is C=C[C@@H]1CC[C@@H](C(=O)OC(C)(C)C)N1. The second kappa shape index (κ2) is 4.13. The van der Waals surface area contributed by atoms with Gasteiger partial charge in [-0.2, -0.15) is 0 Å². The third-order valence-corrected chi connectivity index (χ3v) is 2.16. The van der Waals surface area contributed by atoms with Crippen LogP contribution in [-0.4, -0.2) is 23.7 Å². The third kappa shape index (κ3) is 3.14. The first-order chi connectivity index (χ1) is 6.42. The van der Waals surface area contributed by atoms with Crippen molar-refractivity contribution in [1.82, 2.24) is 5.32 Å². The highest BCUT2D eigenvalue weighted by molar-refractivity contribution is 5.76. The van der Waals surface area contributed by atoms with Crippen LogP contribution in [0.15, 0.2) is 12.7 Å². The first-order valence-electron chi connectivity index (χ1n) is 5.04. The molecule has 1 fully saturated rings. The van der Waals surface area contributed by atoms with Gasteiger partial charge >= 0.3 is 5.97 Å². The summed E-state index contributed by atoms with van der Waals surface area (Å²) in [7, 11) is 0. The minimum atomic E-state index is -0.398. The van der Waals surface area contributed by atoms with Crippen LogP contribution in [0.3, 0.4) is 0 Å². The maximum atomic E-state index is 11.6. The highest BCUT2D eigenvalue weighted by Gasteiger charge is 2.30. The van der Waals surface area contributed by atoms with Crippen molar-refractivity contribution >= 4 is 5.97 Å². The van der Waals surface area contributed by atoms with Gasteiger partial charge in [0, 0.05) is 6.04 Å². The molecule has 1 heterocycles. The second-order valence-electron chi connectivity index (χ2n) is 4.67. The van der Waals surface area contributed by atoms with Crippen molar-refractivity contribution in [2.45, 2.75) is 51.3 Å². The average Bonchev–Trinajstić information content (AvgIpc) is 2.48. The van der Waals surface area contributed by atoms with Crippen LogP contribution in [0.2, 0.25) is 0 Å². The van der Waals surface area contributed by atoms with E-state index in [9.17, 15) is 4.79 Å². The van der Waals surface area contributed by atoms with Crippen molar-refractivity contribution in [3.8, 4) is 0 Å². The van der Waals surface area contributed by atoms with Crippen LogP contribution >= 0.6 is 0 Å². The van der Waals surface area contributed by atoms with Gasteiger partial charge < -0.3 is 4.74 Å². The van der Waals surface area contributed by atoms with E-state index in [1.165, 1.54) is 0 Å². The molecule has 0 amide bonds. The molecule has 0 unspecified atom stereocenters. The predicted molar refractivity (Wildman–Crippen MR) is 56.0 cm³/mol. The lowest BCUT2D eigenvalue weighted by Crippen LogP contribution is -2.39. The Kier molecular flexibility index (Phi) is 3.32. The van der Waals surface area contributed by atoms with Crippen molar-refractivity contribution in [3.05, 3.63) is 12.7 Å². The van der Waals surface area contributed by atoms with Gasteiger partial charge in [-0.25, -0.2) is 0 Å². The molecular weight excluding hydrogens is 178 g/mol. The number of esters is 1. The summed E-state index contributed by atoms with van der Waals surface area (Å²) in [5.41, 5.74) is -0.398. The van der Waals surface area contributed by atoms with Gasteiger partial charge in [0.25, 0.3) is 0 Å². The number of carbonyl (C=O) groups excluding carboxylic acids is 1. The molecule has 80 valence electrons. The molecule has 0 aromatic rings. The van der Waals surface area contributed by atoms with Crippen LogP contribution < -0.4 is 5.32 Å². The normalized spacial score (nSPS) is 27.4. The zero-order chi connectivity index (χ0) is 10.8. The molecule has 0 aromatic carbocycles. The fourth-order valence-electron chi connectivity index (χ4n) is 1.52. The van der Waals surface area contributed by atoms with Gasteiger partial charge in [-0.05, 0) is 33.6 Å². The van der Waals surface area contributed by atoms with E-state index in [0.29, 0.717) is 0 Å². The molecule has 1 N–H and O–H groups in total. The molecule has 0 saturated carbocycles. The molecule has 14 heavy (non-hydrogen) atoms. The largest absolute Gasteiger partial charge is 0.459 e. The van der Waals surface area contributed by atoms with Crippen molar-refractivity contribution in [2.75, 3.05) is 0 Å². The van der Waals surface area contributed by atoms with Crippen molar-refractivity contribution in [2.24, 2.45) is 0 Å². The maximum Gasteiger partial charge on any atom is 0.323 e. The van der Waals surface area contributed by atoms with E-state index in [0.717, 1.165) is 12.8 Å². The summed E-state index contributed by atoms with van der Waals surface area (Å²) >= 11 is 0. The molecule has 0 spiro atoms. The first-order valence-corrected chi connectivity index (χ1v) is 5.04.